The molecule has 0 aliphatic carbocycles. The Labute approximate surface area is 187 Å². The van der Waals surface area contributed by atoms with Crippen LogP contribution in [0.2, 0.25) is 0 Å². The highest BCUT2D eigenvalue weighted by Gasteiger charge is 2.29. The minimum atomic E-state index is -1.05. The Bertz CT molecular complexity index is 1240. The summed E-state index contributed by atoms with van der Waals surface area (Å²) in [5.41, 5.74) is 3.47. The maximum absolute atomic E-state index is 13.0. The number of hydrogen-bond acceptors (Lipinski definition) is 4. The summed E-state index contributed by atoms with van der Waals surface area (Å²) < 4.78 is 6.51. The topological polar surface area (TPSA) is 83.1 Å². The second kappa shape index (κ2) is 8.35. The predicted molar refractivity (Wildman–Crippen MR) is 123 cm³/mol. The fourth-order valence-electron chi connectivity index (χ4n) is 3.36. The summed E-state index contributed by atoms with van der Waals surface area (Å²) in [4.78, 5) is 24.5. The van der Waals surface area contributed by atoms with E-state index in [1.165, 1.54) is 16.6 Å². The fraction of sp³-hybridized carbons (Fsp3) is 0.125. The van der Waals surface area contributed by atoms with Crippen LogP contribution in [0.15, 0.2) is 74.2 Å². The maximum atomic E-state index is 13.0. The lowest BCUT2D eigenvalue weighted by Crippen LogP contribution is -2.21. The number of hydrazone groups is 1. The van der Waals surface area contributed by atoms with Crippen molar-refractivity contribution < 1.29 is 19.1 Å². The van der Waals surface area contributed by atoms with Gasteiger partial charge < -0.3 is 9.52 Å². The zero-order valence-corrected chi connectivity index (χ0v) is 18.5. The van der Waals surface area contributed by atoms with E-state index in [1.807, 2.05) is 24.3 Å². The van der Waals surface area contributed by atoms with E-state index in [-0.39, 0.29) is 11.5 Å². The van der Waals surface area contributed by atoms with E-state index in [2.05, 4.69) is 28.0 Å². The largest absolute Gasteiger partial charge is 0.478 e. The molecule has 1 amide bonds. The van der Waals surface area contributed by atoms with E-state index in [9.17, 15) is 14.7 Å². The van der Waals surface area contributed by atoms with Crippen molar-refractivity contribution in [2.24, 2.45) is 5.10 Å². The summed E-state index contributed by atoms with van der Waals surface area (Å²) in [6.07, 6.45) is 2.55. The Morgan fingerprint density at radius 3 is 2.58 bits per heavy atom. The normalized spacial score (nSPS) is 14.9. The summed E-state index contributed by atoms with van der Waals surface area (Å²) in [6.45, 7) is 3.84. The van der Waals surface area contributed by atoms with E-state index in [4.69, 9.17) is 4.42 Å². The molecular weight excluding hydrogens is 460 g/mol. The fourth-order valence-corrected chi connectivity index (χ4v) is 3.72. The third kappa shape index (κ3) is 4.09. The van der Waals surface area contributed by atoms with E-state index in [1.54, 1.807) is 37.3 Å². The van der Waals surface area contributed by atoms with Crippen LogP contribution < -0.4 is 5.01 Å². The predicted octanol–water partition coefficient (Wildman–Crippen LogP) is 5.78. The van der Waals surface area contributed by atoms with Gasteiger partial charge >= 0.3 is 5.97 Å². The molecule has 3 aromatic rings. The van der Waals surface area contributed by atoms with Gasteiger partial charge in [0.1, 0.15) is 11.5 Å². The number of aromatic carboxylic acids is 1. The molecule has 1 aromatic heterocycles. The molecule has 0 radical (unpaired) electrons. The molecule has 0 saturated heterocycles. The number of furan rings is 1. The molecular formula is C24H19BrN2O4. The number of benzene rings is 2. The number of carboxylic acid groups (broad SMARTS) is 1. The molecule has 0 bridgehead atoms. The summed E-state index contributed by atoms with van der Waals surface area (Å²) in [5.74, 6) is -0.444. The van der Waals surface area contributed by atoms with Gasteiger partial charge in [-0.3, -0.25) is 4.79 Å². The van der Waals surface area contributed by atoms with Crippen LogP contribution in [0.5, 0.6) is 0 Å². The summed E-state index contributed by atoms with van der Waals surface area (Å²) >= 11 is 3.29. The van der Waals surface area contributed by atoms with Gasteiger partial charge in [-0.1, -0.05) is 35.0 Å². The number of carboxylic acids is 1. The van der Waals surface area contributed by atoms with Crippen molar-refractivity contribution in [1.82, 2.24) is 0 Å². The van der Waals surface area contributed by atoms with Gasteiger partial charge in [0, 0.05) is 10.0 Å². The average molecular weight is 479 g/mol. The molecule has 31 heavy (non-hydrogen) atoms. The van der Waals surface area contributed by atoms with E-state index >= 15 is 0 Å². The number of carbonyl (C=O) groups is 2. The van der Waals surface area contributed by atoms with E-state index in [0.717, 1.165) is 6.42 Å². The Hall–Kier alpha value is -3.45. The zero-order valence-electron chi connectivity index (χ0n) is 16.9. The second-order valence-corrected chi connectivity index (χ2v) is 7.99. The van der Waals surface area contributed by atoms with Crippen molar-refractivity contribution in [3.05, 3.63) is 81.5 Å². The monoisotopic (exact) mass is 478 g/mol. The number of amides is 1. The smallest absolute Gasteiger partial charge is 0.336 e. The molecule has 1 N–H and O–H groups in total. The van der Waals surface area contributed by atoms with Gasteiger partial charge in [0.15, 0.2) is 0 Å². The molecule has 156 valence electrons. The summed E-state index contributed by atoms with van der Waals surface area (Å²) in [5, 5.41) is 15.3. The highest BCUT2D eigenvalue weighted by molar-refractivity contribution is 9.10. The molecule has 2 aromatic carbocycles. The van der Waals surface area contributed by atoms with Crippen LogP contribution >= 0.6 is 15.9 Å². The van der Waals surface area contributed by atoms with Gasteiger partial charge in [0.25, 0.3) is 5.91 Å². The number of nitrogens with zero attached hydrogens (tertiary/aromatic N) is 2. The van der Waals surface area contributed by atoms with Crippen molar-refractivity contribution >= 4 is 45.3 Å². The number of rotatable bonds is 5. The van der Waals surface area contributed by atoms with E-state index in [0.29, 0.717) is 38.5 Å². The van der Waals surface area contributed by atoms with Crippen LogP contribution in [-0.2, 0) is 11.2 Å². The Kier molecular flexibility index (Phi) is 5.61. The first-order valence-corrected chi connectivity index (χ1v) is 10.5. The number of halogens is 1. The summed E-state index contributed by atoms with van der Waals surface area (Å²) in [7, 11) is 0. The van der Waals surface area contributed by atoms with Crippen molar-refractivity contribution in [2.75, 3.05) is 5.01 Å². The molecule has 0 fully saturated rings. The van der Waals surface area contributed by atoms with Gasteiger partial charge in [0.05, 0.1) is 22.5 Å². The molecule has 1 aliphatic rings. The van der Waals surface area contributed by atoms with Crippen molar-refractivity contribution in [1.29, 1.82) is 0 Å². The number of aryl methyl sites for hydroxylation is 1. The minimum absolute atomic E-state index is 0.124. The quantitative estimate of drug-likeness (QED) is 0.471. The zero-order chi connectivity index (χ0) is 22.1. The second-order valence-electron chi connectivity index (χ2n) is 7.08. The molecule has 0 saturated carbocycles. The highest BCUT2D eigenvalue weighted by atomic mass is 79.9. The molecule has 1 aliphatic heterocycles. The van der Waals surface area contributed by atoms with Crippen molar-refractivity contribution in [3.8, 4) is 11.3 Å². The molecule has 6 nitrogen and oxygen atoms in total. The summed E-state index contributed by atoms with van der Waals surface area (Å²) in [6, 6.07) is 16.1. The van der Waals surface area contributed by atoms with Gasteiger partial charge in [-0.2, -0.15) is 10.1 Å². The molecule has 7 heteroatoms. The Morgan fingerprint density at radius 2 is 1.90 bits per heavy atom. The third-order valence-electron chi connectivity index (χ3n) is 5.04. The van der Waals surface area contributed by atoms with Crippen LogP contribution in [0.4, 0.5) is 5.69 Å². The lowest BCUT2D eigenvalue weighted by molar-refractivity contribution is -0.114. The first kappa shape index (κ1) is 20.8. The first-order valence-electron chi connectivity index (χ1n) is 9.71. The third-order valence-corrected chi connectivity index (χ3v) is 5.54. The molecule has 4 rings (SSSR count). The van der Waals surface area contributed by atoms with Crippen LogP contribution in [0.1, 0.15) is 35.5 Å². The lowest BCUT2D eigenvalue weighted by Gasteiger charge is -2.12. The molecule has 0 atom stereocenters. The van der Waals surface area contributed by atoms with Crippen molar-refractivity contribution in [2.45, 2.75) is 20.3 Å². The minimum Gasteiger partial charge on any atom is -0.478 e. The van der Waals surface area contributed by atoms with Crippen molar-refractivity contribution in [3.63, 3.8) is 0 Å². The number of anilines is 1. The van der Waals surface area contributed by atoms with Crippen LogP contribution in [-0.4, -0.2) is 22.7 Å². The lowest BCUT2D eigenvalue weighted by atomic mass is 10.1. The Balaban J connectivity index is 1.63. The van der Waals surface area contributed by atoms with Crippen LogP contribution in [0.25, 0.3) is 17.4 Å². The first-order chi connectivity index (χ1) is 14.9. The average Bonchev–Trinajstić information content (AvgIpc) is 3.34. The van der Waals surface area contributed by atoms with Gasteiger partial charge in [0.2, 0.25) is 0 Å². The maximum Gasteiger partial charge on any atom is 0.336 e. The Morgan fingerprint density at radius 1 is 1.16 bits per heavy atom. The SMILES string of the molecule is CCc1ccc(N2N=C(C)C(=Cc3ccc(-c4ccc(Br)cc4C(=O)O)o3)C2=O)cc1. The van der Waals surface area contributed by atoms with E-state index < -0.39 is 5.97 Å². The standard InChI is InChI=1S/C24H19BrN2O4/c1-3-15-4-7-17(8-5-15)27-23(28)20(14(2)26-27)13-18-9-11-22(31-18)19-10-6-16(25)12-21(19)24(29)30/h4-13H,3H2,1-2H3,(H,29,30). The van der Waals surface area contributed by atoms with Crippen LogP contribution in [0.3, 0.4) is 0 Å². The van der Waals surface area contributed by atoms with Gasteiger partial charge in [-0.25, -0.2) is 4.79 Å². The molecule has 2 heterocycles. The van der Waals surface area contributed by atoms with Gasteiger partial charge in [-0.15, -0.1) is 0 Å². The number of hydrogen-bond donors (Lipinski definition) is 1. The van der Waals surface area contributed by atoms with Gasteiger partial charge in [-0.05, 0) is 67.4 Å². The molecule has 0 spiro atoms. The highest BCUT2D eigenvalue weighted by Crippen LogP contribution is 2.30. The number of carbonyl (C=O) groups excluding carboxylic acids is 1. The van der Waals surface area contributed by atoms with Crippen LogP contribution in [0, 0.1) is 0 Å². The molecule has 0 unspecified atom stereocenters.